The number of hydrogen-bond donors (Lipinski definition) is 2. The molecule has 1 fully saturated rings. The summed E-state index contributed by atoms with van der Waals surface area (Å²) in [6.07, 6.45) is 2.79. The molecule has 2 heterocycles. The minimum absolute atomic E-state index is 0.322. The molecular weight excluding hydrogens is 339 g/mol. The predicted octanol–water partition coefficient (Wildman–Crippen LogP) is 2.63. The van der Waals surface area contributed by atoms with Crippen LogP contribution in [0.15, 0.2) is 18.3 Å². The van der Waals surface area contributed by atoms with Gasteiger partial charge < -0.3 is 15.8 Å². The van der Waals surface area contributed by atoms with Crippen LogP contribution in [0.1, 0.15) is 12.8 Å². The van der Waals surface area contributed by atoms with E-state index in [4.69, 9.17) is 33.7 Å². The summed E-state index contributed by atoms with van der Waals surface area (Å²) in [6, 6.07) is 3.33. The zero-order valence-corrected chi connectivity index (χ0v) is 13.8. The highest BCUT2D eigenvalue weighted by molar-refractivity contribution is 6.42. The number of aromatic nitrogens is 2. The van der Waals surface area contributed by atoms with Crippen molar-refractivity contribution >= 4 is 46.0 Å². The Morgan fingerprint density at radius 2 is 1.91 bits per heavy atom. The second-order valence-corrected chi connectivity index (χ2v) is 6.44. The van der Waals surface area contributed by atoms with E-state index in [1.807, 2.05) is 0 Å². The fourth-order valence-electron chi connectivity index (χ4n) is 2.63. The number of primary amides is 1. The van der Waals surface area contributed by atoms with Crippen LogP contribution in [-0.4, -0.2) is 35.6 Å². The number of fused-ring (bicyclic) bond motifs is 1. The van der Waals surface area contributed by atoms with Gasteiger partial charge in [-0.15, -0.1) is 0 Å². The molecule has 1 aliphatic rings. The summed E-state index contributed by atoms with van der Waals surface area (Å²) < 4.78 is 5.32. The smallest absolute Gasteiger partial charge is 0.225 e. The number of hydrogen-bond acceptors (Lipinski definition) is 5. The second-order valence-electron chi connectivity index (χ2n) is 5.62. The Hall–Kier alpha value is -1.63. The second kappa shape index (κ2) is 6.47. The van der Waals surface area contributed by atoms with Crippen LogP contribution in [0.3, 0.4) is 0 Å². The van der Waals surface area contributed by atoms with Crippen molar-refractivity contribution in [1.82, 2.24) is 9.97 Å². The quantitative estimate of drug-likeness (QED) is 0.880. The average molecular weight is 355 g/mol. The van der Waals surface area contributed by atoms with Crippen LogP contribution in [0.4, 0.5) is 5.82 Å². The molecule has 122 valence electrons. The van der Waals surface area contributed by atoms with Crippen molar-refractivity contribution in [3.63, 3.8) is 0 Å². The molecule has 23 heavy (non-hydrogen) atoms. The number of rotatable bonds is 4. The highest BCUT2D eigenvalue weighted by Crippen LogP contribution is 2.31. The van der Waals surface area contributed by atoms with Crippen molar-refractivity contribution in [3.05, 3.63) is 28.4 Å². The van der Waals surface area contributed by atoms with E-state index < -0.39 is 5.41 Å². The molecular formula is C15H16Cl2N4O2. The highest BCUT2D eigenvalue weighted by Gasteiger charge is 2.38. The summed E-state index contributed by atoms with van der Waals surface area (Å²) in [7, 11) is 0. The first-order valence-corrected chi connectivity index (χ1v) is 7.99. The van der Waals surface area contributed by atoms with Crippen LogP contribution < -0.4 is 11.1 Å². The van der Waals surface area contributed by atoms with Crippen molar-refractivity contribution in [3.8, 4) is 0 Å². The van der Waals surface area contributed by atoms with Crippen LogP contribution >= 0.6 is 23.2 Å². The zero-order valence-electron chi connectivity index (χ0n) is 12.3. The molecule has 0 radical (unpaired) electrons. The Morgan fingerprint density at radius 1 is 1.26 bits per heavy atom. The normalized spacial score (nSPS) is 17.1. The third-order valence-electron chi connectivity index (χ3n) is 4.16. The molecule has 0 spiro atoms. The fourth-order valence-corrected chi connectivity index (χ4v) is 2.94. The monoisotopic (exact) mass is 354 g/mol. The molecule has 1 aliphatic heterocycles. The lowest BCUT2D eigenvalue weighted by atomic mass is 9.79. The van der Waals surface area contributed by atoms with E-state index in [1.54, 1.807) is 18.3 Å². The summed E-state index contributed by atoms with van der Waals surface area (Å²) in [4.78, 5) is 20.6. The first kappa shape index (κ1) is 16.2. The van der Waals surface area contributed by atoms with Crippen LogP contribution in [0, 0.1) is 5.41 Å². The number of nitrogens with two attached hydrogens (primary N) is 1. The molecule has 1 aromatic carbocycles. The molecule has 1 saturated heterocycles. The van der Waals surface area contributed by atoms with E-state index in [0.717, 1.165) is 0 Å². The summed E-state index contributed by atoms with van der Waals surface area (Å²) in [5.74, 6) is 0.236. The van der Waals surface area contributed by atoms with Crippen molar-refractivity contribution in [2.24, 2.45) is 11.1 Å². The molecule has 0 saturated carbocycles. The zero-order chi connectivity index (χ0) is 16.4. The maximum Gasteiger partial charge on any atom is 0.225 e. The third kappa shape index (κ3) is 3.34. The molecule has 3 rings (SSSR count). The van der Waals surface area contributed by atoms with Crippen molar-refractivity contribution in [1.29, 1.82) is 0 Å². The van der Waals surface area contributed by atoms with Crippen molar-refractivity contribution < 1.29 is 9.53 Å². The average Bonchev–Trinajstić information content (AvgIpc) is 2.55. The lowest BCUT2D eigenvalue weighted by Gasteiger charge is -2.34. The van der Waals surface area contributed by atoms with Crippen LogP contribution in [-0.2, 0) is 9.53 Å². The summed E-state index contributed by atoms with van der Waals surface area (Å²) >= 11 is 12.0. The van der Waals surface area contributed by atoms with Gasteiger partial charge in [0.1, 0.15) is 5.82 Å². The molecule has 8 heteroatoms. The highest BCUT2D eigenvalue weighted by atomic mass is 35.5. The largest absolute Gasteiger partial charge is 0.381 e. The number of halogens is 2. The lowest BCUT2D eigenvalue weighted by molar-refractivity contribution is -0.132. The molecule has 1 amide bonds. The van der Waals surface area contributed by atoms with Crippen LogP contribution in [0.2, 0.25) is 10.0 Å². The number of carbonyl (C=O) groups excluding carboxylic acids is 1. The van der Waals surface area contributed by atoms with E-state index in [0.29, 0.717) is 59.5 Å². The van der Waals surface area contributed by atoms with E-state index in [1.165, 1.54) is 0 Å². The molecule has 2 aromatic rings. The Balaban J connectivity index is 1.81. The minimum atomic E-state index is -0.619. The van der Waals surface area contributed by atoms with Gasteiger partial charge in [-0.1, -0.05) is 23.2 Å². The number of amides is 1. The van der Waals surface area contributed by atoms with Gasteiger partial charge in [0.25, 0.3) is 0 Å². The van der Waals surface area contributed by atoms with Gasteiger partial charge in [-0.05, 0) is 25.0 Å². The number of carbonyl (C=O) groups is 1. The summed E-state index contributed by atoms with van der Waals surface area (Å²) in [5, 5.41) is 4.01. The van der Waals surface area contributed by atoms with Crippen LogP contribution in [0.25, 0.3) is 11.0 Å². The number of nitrogens with one attached hydrogen (secondary N) is 1. The Kier molecular flexibility index (Phi) is 4.57. The summed E-state index contributed by atoms with van der Waals surface area (Å²) in [5.41, 5.74) is 6.25. The van der Waals surface area contributed by atoms with Crippen LogP contribution in [0.5, 0.6) is 0 Å². The predicted molar refractivity (Wildman–Crippen MR) is 89.7 cm³/mol. The maximum absolute atomic E-state index is 11.9. The van der Waals surface area contributed by atoms with Gasteiger partial charge in [-0.3, -0.25) is 9.78 Å². The number of nitrogens with zero attached hydrogens (tertiary/aromatic N) is 2. The van der Waals surface area contributed by atoms with Crippen molar-refractivity contribution in [2.75, 3.05) is 25.1 Å². The number of ether oxygens (including phenoxy) is 1. The topological polar surface area (TPSA) is 90.1 Å². The van der Waals surface area contributed by atoms with Gasteiger partial charge in [-0.25, -0.2) is 4.98 Å². The molecule has 0 bridgehead atoms. The Morgan fingerprint density at radius 3 is 2.57 bits per heavy atom. The third-order valence-corrected chi connectivity index (χ3v) is 4.89. The molecule has 3 N–H and O–H groups in total. The van der Waals surface area contributed by atoms with E-state index in [9.17, 15) is 4.79 Å². The fraction of sp³-hybridized carbons (Fsp3) is 0.400. The van der Waals surface area contributed by atoms with Crippen molar-refractivity contribution in [2.45, 2.75) is 12.8 Å². The van der Waals surface area contributed by atoms with E-state index in [2.05, 4.69) is 15.3 Å². The Labute approximate surface area is 143 Å². The van der Waals surface area contributed by atoms with Gasteiger partial charge >= 0.3 is 0 Å². The van der Waals surface area contributed by atoms with Gasteiger partial charge in [0, 0.05) is 19.8 Å². The first-order chi connectivity index (χ1) is 11.0. The van der Waals surface area contributed by atoms with Gasteiger partial charge in [0.05, 0.1) is 32.7 Å². The molecule has 0 aliphatic carbocycles. The molecule has 1 aromatic heterocycles. The summed E-state index contributed by atoms with van der Waals surface area (Å²) in [6.45, 7) is 1.46. The van der Waals surface area contributed by atoms with E-state index >= 15 is 0 Å². The minimum Gasteiger partial charge on any atom is -0.381 e. The molecule has 0 unspecified atom stereocenters. The molecule has 0 atom stereocenters. The number of anilines is 1. The van der Waals surface area contributed by atoms with Gasteiger partial charge in [-0.2, -0.15) is 0 Å². The lowest BCUT2D eigenvalue weighted by Crippen LogP contribution is -2.46. The maximum atomic E-state index is 11.9. The Bertz CT molecular complexity index is 748. The number of benzene rings is 1. The molecule has 6 nitrogen and oxygen atoms in total. The van der Waals surface area contributed by atoms with E-state index in [-0.39, 0.29) is 5.91 Å². The SMILES string of the molecule is NC(=O)C1(CNc2cnc3cc(Cl)c(Cl)cc3n2)CCOCC1. The standard InChI is InChI=1S/C15H16Cl2N4O2/c16-9-5-11-12(6-10(9)17)21-13(7-19-11)20-8-15(14(18)22)1-3-23-4-2-15/h5-7H,1-4,8H2,(H2,18,22)(H,20,21). The van der Waals surface area contributed by atoms with Gasteiger partial charge in [0.2, 0.25) is 5.91 Å². The van der Waals surface area contributed by atoms with Gasteiger partial charge in [0.15, 0.2) is 0 Å². The first-order valence-electron chi connectivity index (χ1n) is 7.23.